The van der Waals surface area contributed by atoms with Crippen LogP contribution in [0.25, 0.3) is 0 Å². The monoisotopic (exact) mass is 245 g/mol. The third-order valence-corrected chi connectivity index (χ3v) is 3.31. The van der Waals surface area contributed by atoms with E-state index in [1.54, 1.807) is 12.3 Å². The molecule has 1 N–H and O–H groups in total. The molecule has 0 amide bonds. The summed E-state index contributed by atoms with van der Waals surface area (Å²) in [5.41, 5.74) is 1.42. The van der Waals surface area contributed by atoms with E-state index in [-0.39, 0.29) is 12.3 Å². The molecule has 1 aliphatic rings. The van der Waals surface area contributed by atoms with Crippen molar-refractivity contribution < 1.29 is 9.90 Å². The Morgan fingerprint density at radius 3 is 2.72 bits per heavy atom. The van der Waals surface area contributed by atoms with Gasteiger partial charge >= 0.3 is 5.97 Å². The number of nitriles is 1. The highest BCUT2D eigenvalue weighted by Crippen LogP contribution is 2.24. The fraction of sp³-hybridized carbons (Fsp3) is 0.462. The predicted octanol–water partition coefficient (Wildman–Crippen LogP) is 1.64. The lowest BCUT2D eigenvalue weighted by Gasteiger charge is -2.32. The van der Waals surface area contributed by atoms with Crippen molar-refractivity contribution in [2.75, 3.05) is 18.0 Å². The van der Waals surface area contributed by atoms with Crippen LogP contribution < -0.4 is 4.90 Å². The van der Waals surface area contributed by atoms with Crippen molar-refractivity contribution in [2.45, 2.75) is 19.3 Å². The molecule has 0 spiro atoms. The Balaban J connectivity index is 1.93. The minimum Gasteiger partial charge on any atom is -0.481 e. The van der Waals surface area contributed by atoms with E-state index in [9.17, 15) is 4.79 Å². The van der Waals surface area contributed by atoms with Crippen molar-refractivity contribution in [1.82, 2.24) is 4.98 Å². The quantitative estimate of drug-likeness (QED) is 0.876. The fourth-order valence-corrected chi connectivity index (χ4v) is 2.28. The number of carbonyl (C=O) groups is 1. The van der Waals surface area contributed by atoms with E-state index in [1.807, 2.05) is 12.1 Å². The molecule has 2 rings (SSSR count). The Bertz CT molecular complexity index is 456. The molecule has 94 valence electrons. The molecule has 1 aliphatic heterocycles. The van der Waals surface area contributed by atoms with Crippen molar-refractivity contribution in [3.8, 4) is 6.07 Å². The molecule has 5 nitrogen and oxygen atoms in total. The summed E-state index contributed by atoms with van der Waals surface area (Å²) in [6.07, 6.45) is 3.76. The second-order valence-electron chi connectivity index (χ2n) is 4.54. The summed E-state index contributed by atoms with van der Waals surface area (Å²) in [5.74, 6) is -0.432. The van der Waals surface area contributed by atoms with E-state index in [1.165, 1.54) is 0 Å². The third-order valence-electron chi connectivity index (χ3n) is 3.31. The predicted molar refractivity (Wildman–Crippen MR) is 66.1 cm³/mol. The van der Waals surface area contributed by atoms with Gasteiger partial charge in [-0.25, -0.2) is 4.98 Å². The van der Waals surface area contributed by atoms with Crippen LogP contribution in [0.5, 0.6) is 0 Å². The first-order valence-corrected chi connectivity index (χ1v) is 6.02. The number of rotatable bonds is 3. The summed E-state index contributed by atoms with van der Waals surface area (Å²) in [6, 6.07) is 5.59. The van der Waals surface area contributed by atoms with Crippen molar-refractivity contribution >= 4 is 11.7 Å². The highest BCUT2D eigenvalue weighted by molar-refractivity contribution is 5.67. The second kappa shape index (κ2) is 5.50. The molecule has 0 radical (unpaired) electrons. The number of nitrogens with zero attached hydrogens (tertiary/aromatic N) is 3. The number of hydrogen-bond donors (Lipinski definition) is 1. The van der Waals surface area contributed by atoms with Crippen LogP contribution in [0.4, 0.5) is 5.69 Å². The summed E-state index contributed by atoms with van der Waals surface area (Å²) in [7, 11) is 0. The minimum atomic E-state index is -0.714. The number of aliphatic carboxylic acids is 1. The van der Waals surface area contributed by atoms with Crippen LogP contribution in [0.2, 0.25) is 0 Å². The van der Waals surface area contributed by atoms with Gasteiger partial charge in [0.2, 0.25) is 0 Å². The zero-order valence-electron chi connectivity index (χ0n) is 10.0. The molecule has 5 heteroatoms. The summed E-state index contributed by atoms with van der Waals surface area (Å²) in [4.78, 5) is 16.9. The molecule has 1 saturated heterocycles. The summed E-state index contributed by atoms with van der Waals surface area (Å²) in [6.45, 7) is 1.71. The van der Waals surface area contributed by atoms with Crippen LogP contribution in [0, 0.1) is 17.2 Å². The van der Waals surface area contributed by atoms with Crippen molar-refractivity contribution in [2.24, 2.45) is 5.92 Å². The van der Waals surface area contributed by atoms with Gasteiger partial charge in [0, 0.05) is 19.5 Å². The molecule has 0 aliphatic carbocycles. The van der Waals surface area contributed by atoms with E-state index in [2.05, 4.69) is 9.88 Å². The van der Waals surface area contributed by atoms with Crippen molar-refractivity contribution in [3.63, 3.8) is 0 Å². The Hall–Kier alpha value is -2.09. The van der Waals surface area contributed by atoms with E-state index < -0.39 is 5.97 Å². The lowest BCUT2D eigenvalue weighted by molar-refractivity contribution is -0.138. The summed E-state index contributed by atoms with van der Waals surface area (Å²) >= 11 is 0. The van der Waals surface area contributed by atoms with Crippen LogP contribution in [0.3, 0.4) is 0 Å². The first kappa shape index (κ1) is 12.4. The molecule has 0 atom stereocenters. The maximum Gasteiger partial charge on any atom is 0.303 e. The Labute approximate surface area is 106 Å². The van der Waals surface area contributed by atoms with Gasteiger partial charge in [0.1, 0.15) is 11.8 Å². The number of carboxylic acid groups (broad SMARTS) is 1. The highest BCUT2D eigenvalue weighted by Gasteiger charge is 2.21. The molecule has 1 aromatic heterocycles. The van der Waals surface area contributed by atoms with Gasteiger partial charge in [-0.2, -0.15) is 5.26 Å². The standard InChI is InChI=1S/C13H15N3O2/c14-8-11-1-2-12(9-15-11)16-5-3-10(4-6-16)7-13(17)18/h1-2,9-10H,3-7H2,(H,17,18). The second-order valence-corrected chi connectivity index (χ2v) is 4.54. The zero-order valence-corrected chi connectivity index (χ0v) is 10.0. The first-order chi connectivity index (χ1) is 8.69. The van der Waals surface area contributed by atoms with Crippen molar-refractivity contribution in [3.05, 3.63) is 24.0 Å². The maximum atomic E-state index is 10.6. The van der Waals surface area contributed by atoms with Crippen molar-refractivity contribution in [1.29, 1.82) is 5.26 Å². The zero-order chi connectivity index (χ0) is 13.0. The smallest absolute Gasteiger partial charge is 0.303 e. The largest absolute Gasteiger partial charge is 0.481 e. The number of piperidine rings is 1. The van der Waals surface area contributed by atoms with Gasteiger partial charge in [-0.1, -0.05) is 0 Å². The molecule has 1 aromatic rings. The summed E-state index contributed by atoms with van der Waals surface area (Å²) < 4.78 is 0. The molecule has 0 aromatic carbocycles. The topological polar surface area (TPSA) is 77.2 Å². The lowest BCUT2D eigenvalue weighted by atomic mass is 9.93. The number of pyridine rings is 1. The van der Waals surface area contributed by atoms with Crippen LogP contribution in [-0.2, 0) is 4.79 Å². The molecular weight excluding hydrogens is 230 g/mol. The van der Waals surface area contributed by atoms with Crippen LogP contribution in [0.1, 0.15) is 25.0 Å². The Morgan fingerprint density at radius 2 is 2.22 bits per heavy atom. The molecule has 2 heterocycles. The van der Waals surface area contributed by atoms with Crippen LogP contribution in [0.15, 0.2) is 18.3 Å². The number of hydrogen-bond acceptors (Lipinski definition) is 4. The van der Waals surface area contributed by atoms with E-state index in [4.69, 9.17) is 10.4 Å². The third kappa shape index (κ3) is 2.98. The van der Waals surface area contributed by atoms with E-state index in [0.29, 0.717) is 5.69 Å². The molecule has 0 bridgehead atoms. The van der Waals surface area contributed by atoms with Gasteiger partial charge in [0.15, 0.2) is 0 Å². The molecule has 0 saturated carbocycles. The highest BCUT2D eigenvalue weighted by atomic mass is 16.4. The number of aromatic nitrogens is 1. The average Bonchev–Trinajstić information content (AvgIpc) is 2.39. The van der Waals surface area contributed by atoms with Gasteiger partial charge in [-0.3, -0.25) is 4.79 Å². The lowest BCUT2D eigenvalue weighted by Crippen LogP contribution is -2.34. The fourth-order valence-electron chi connectivity index (χ4n) is 2.28. The van der Waals surface area contributed by atoms with E-state index >= 15 is 0 Å². The number of carboxylic acids is 1. The Morgan fingerprint density at radius 1 is 1.50 bits per heavy atom. The van der Waals surface area contributed by atoms with Gasteiger partial charge in [-0.15, -0.1) is 0 Å². The molecule has 0 unspecified atom stereocenters. The molecule has 1 fully saturated rings. The normalized spacial score (nSPS) is 16.3. The number of anilines is 1. The van der Waals surface area contributed by atoms with E-state index in [0.717, 1.165) is 31.6 Å². The van der Waals surface area contributed by atoms with Gasteiger partial charge in [0.05, 0.1) is 11.9 Å². The average molecular weight is 245 g/mol. The first-order valence-electron chi connectivity index (χ1n) is 6.02. The van der Waals surface area contributed by atoms with Gasteiger partial charge in [-0.05, 0) is 30.9 Å². The maximum absolute atomic E-state index is 10.6. The van der Waals surface area contributed by atoms with Crippen LogP contribution in [-0.4, -0.2) is 29.1 Å². The minimum absolute atomic E-state index is 0.263. The summed E-state index contributed by atoms with van der Waals surface area (Å²) in [5, 5.41) is 17.4. The van der Waals surface area contributed by atoms with Gasteiger partial charge in [0.25, 0.3) is 0 Å². The Kier molecular flexibility index (Phi) is 3.78. The molecule has 18 heavy (non-hydrogen) atoms. The molecular formula is C13H15N3O2. The van der Waals surface area contributed by atoms with Crippen LogP contribution >= 0.6 is 0 Å². The van der Waals surface area contributed by atoms with Gasteiger partial charge < -0.3 is 10.0 Å². The SMILES string of the molecule is N#Cc1ccc(N2CCC(CC(=O)O)CC2)cn1.